The van der Waals surface area contributed by atoms with Crippen molar-refractivity contribution in [2.75, 3.05) is 18.5 Å². The molecular formula is C13H15ClF2N2O2. The summed E-state index contributed by atoms with van der Waals surface area (Å²) in [4.78, 5) is 11.3. The normalized spacial score (nSPS) is 15.3. The zero-order valence-electron chi connectivity index (χ0n) is 10.7. The monoisotopic (exact) mass is 304 g/mol. The van der Waals surface area contributed by atoms with E-state index in [4.69, 9.17) is 22.1 Å². The van der Waals surface area contributed by atoms with E-state index in [9.17, 15) is 13.6 Å². The number of ether oxygens (including phenoxy) is 1. The Kier molecular flexibility index (Phi) is 4.91. The highest BCUT2D eigenvalue weighted by Crippen LogP contribution is 2.33. The van der Waals surface area contributed by atoms with Crippen LogP contribution in [0.2, 0.25) is 5.02 Å². The van der Waals surface area contributed by atoms with Gasteiger partial charge < -0.3 is 15.8 Å². The molecule has 1 atom stereocenters. The molecule has 1 aromatic rings. The minimum absolute atomic E-state index is 0.0814. The highest BCUT2D eigenvalue weighted by molar-refractivity contribution is 6.32. The van der Waals surface area contributed by atoms with Crippen molar-refractivity contribution in [3.05, 3.63) is 28.3 Å². The van der Waals surface area contributed by atoms with Crippen LogP contribution in [0.25, 0.3) is 0 Å². The number of halogens is 3. The summed E-state index contributed by atoms with van der Waals surface area (Å²) >= 11 is 6.12. The molecule has 1 amide bonds. The van der Waals surface area contributed by atoms with E-state index in [1.807, 2.05) is 0 Å². The van der Waals surface area contributed by atoms with Crippen molar-refractivity contribution in [1.82, 2.24) is 0 Å². The van der Waals surface area contributed by atoms with E-state index >= 15 is 0 Å². The Balaban J connectivity index is 1.98. The van der Waals surface area contributed by atoms with Crippen LogP contribution in [-0.2, 0) is 16.0 Å². The summed E-state index contributed by atoms with van der Waals surface area (Å²) in [6.45, 7) is -0.459. The molecule has 1 heterocycles. The molecule has 0 radical (unpaired) electrons. The maximum absolute atomic E-state index is 11.9. The van der Waals surface area contributed by atoms with Crippen molar-refractivity contribution in [1.29, 1.82) is 0 Å². The second kappa shape index (κ2) is 6.47. The third-order valence-corrected chi connectivity index (χ3v) is 3.39. The number of carbonyl (C=O) groups excluding carboxylic acids is 1. The topological polar surface area (TPSA) is 64.3 Å². The number of rotatable bonds is 6. The van der Waals surface area contributed by atoms with E-state index in [2.05, 4.69) is 5.32 Å². The van der Waals surface area contributed by atoms with Crippen LogP contribution in [0.3, 0.4) is 0 Å². The lowest BCUT2D eigenvalue weighted by molar-refractivity contribution is -0.115. The largest absolute Gasteiger partial charge is 0.375 e. The lowest BCUT2D eigenvalue weighted by Crippen LogP contribution is -2.15. The third-order valence-electron chi connectivity index (χ3n) is 3.06. The van der Waals surface area contributed by atoms with Gasteiger partial charge in [-0.05, 0) is 23.6 Å². The Morgan fingerprint density at radius 1 is 1.45 bits per heavy atom. The van der Waals surface area contributed by atoms with Gasteiger partial charge in [0.2, 0.25) is 5.91 Å². The zero-order valence-corrected chi connectivity index (χ0v) is 11.4. The van der Waals surface area contributed by atoms with Crippen LogP contribution >= 0.6 is 11.6 Å². The summed E-state index contributed by atoms with van der Waals surface area (Å²) < 4.78 is 28.6. The number of amides is 1. The van der Waals surface area contributed by atoms with Crippen LogP contribution in [0.1, 0.15) is 23.6 Å². The molecule has 1 aliphatic heterocycles. The van der Waals surface area contributed by atoms with E-state index in [-0.39, 0.29) is 12.5 Å². The first kappa shape index (κ1) is 15.2. The quantitative estimate of drug-likeness (QED) is 0.794. The number of hydrogen-bond acceptors (Lipinski definition) is 3. The lowest BCUT2D eigenvalue weighted by Gasteiger charge is -2.15. The fraction of sp³-hybridized carbons (Fsp3) is 0.462. The third kappa shape index (κ3) is 3.65. The van der Waals surface area contributed by atoms with Crippen molar-refractivity contribution in [2.24, 2.45) is 5.73 Å². The molecule has 0 aliphatic carbocycles. The van der Waals surface area contributed by atoms with Gasteiger partial charge in [0, 0.05) is 23.4 Å². The van der Waals surface area contributed by atoms with E-state index in [0.29, 0.717) is 29.1 Å². The molecule has 0 saturated heterocycles. The molecule has 7 heteroatoms. The number of nitrogens with two attached hydrogens (primary N) is 1. The van der Waals surface area contributed by atoms with E-state index < -0.39 is 19.1 Å². The Morgan fingerprint density at radius 2 is 2.20 bits per heavy atom. The first-order chi connectivity index (χ1) is 9.47. The van der Waals surface area contributed by atoms with Gasteiger partial charge in [-0.15, -0.1) is 0 Å². The molecule has 110 valence electrons. The minimum Gasteiger partial charge on any atom is -0.375 e. The van der Waals surface area contributed by atoms with Crippen LogP contribution in [-0.4, -0.2) is 25.5 Å². The molecule has 0 aromatic heterocycles. The Hall–Kier alpha value is -1.24. The summed E-state index contributed by atoms with van der Waals surface area (Å²) in [6.07, 6.45) is -1.80. The number of benzene rings is 1. The fourth-order valence-corrected chi connectivity index (χ4v) is 2.39. The van der Waals surface area contributed by atoms with Crippen LogP contribution in [0.5, 0.6) is 0 Å². The smallest absolute Gasteiger partial charge is 0.261 e. The zero-order chi connectivity index (χ0) is 14.7. The van der Waals surface area contributed by atoms with E-state index in [1.165, 1.54) is 0 Å². The molecule has 1 aliphatic rings. The van der Waals surface area contributed by atoms with Crippen molar-refractivity contribution >= 4 is 23.2 Å². The number of fused-ring (bicyclic) bond motifs is 1. The van der Waals surface area contributed by atoms with Crippen molar-refractivity contribution in [3.8, 4) is 0 Å². The van der Waals surface area contributed by atoms with Crippen molar-refractivity contribution in [3.63, 3.8) is 0 Å². The van der Waals surface area contributed by atoms with Gasteiger partial charge >= 0.3 is 0 Å². The summed E-state index contributed by atoms with van der Waals surface area (Å²) in [5, 5.41) is 3.15. The fourth-order valence-electron chi connectivity index (χ4n) is 2.09. The average molecular weight is 305 g/mol. The lowest BCUT2D eigenvalue weighted by atomic mass is 10.0. The van der Waals surface area contributed by atoms with Gasteiger partial charge in [0.15, 0.2) is 0 Å². The molecular weight excluding hydrogens is 290 g/mol. The molecule has 20 heavy (non-hydrogen) atoms. The van der Waals surface area contributed by atoms with Crippen LogP contribution in [0, 0.1) is 0 Å². The average Bonchev–Trinajstić information content (AvgIpc) is 2.72. The second-order valence-corrected chi connectivity index (χ2v) is 5.02. The number of nitrogens with one attached hydrogen (secondary N) is 1. The summed E-state index contributed by atoms with van der Waals surface area (Å²) in [6, 6.07) is 3.03. The van der Waals surface area contributed by atoms with Gasteiger partial charge in [0.05, 0.1) is 6.42 Å². The highest BCUT2D eigenvalue weighted by atomic mass is 35.5. The number of anilines is 1. The van der Waals surface area contributed by atoms with Crippen molar-refractivity contribution in [2.45, 2.75) is 25.3 Å². The van der Waals surface area contributed by atoms with Gasteiger partial charge in [-0.2, -0.15) is 0 Å². The minimum atomic E-state index is -2.48. The van der Waals surface area contributed by atoms with Crippen LogP contribution < -0.4 is 11.1 Å². The molecule has 2 rings (SSSR count). The molecule has 3 N–H and O–H groups in total. The standard InChI is InChI=1S/C13H15ClF2N2O2/c14-9-5-11-7(4-13(19)18-11)3-8(9)10(17)1-2-20-6-12(15)16/h3,5,10,12H,1-2,4,6,17H2,(H,18,19). The molecule has 4 nitrogen and oxygen atoms in total. The summed E-state index contributed by atoms with van der Waals surface area (Å²) in [7, 11) is 0. The van der Waals surface area contributed by atoms with E-state index in [0.717, 1.165) is 5.56 Å². The van der Waals surface area contributed by atoms with Crippen LogP contribution in [0.4, 0.5) is 14.5 Å². The highest BCUT2D eigenvalue weighted by Gasteiger charge is 2.21. The van der Waals surface area contributed by atoms with Gasteiger partial charge in [0.1, 0.15) is 6.61 Å². The Bertz CT molecular complexity index is 511. The van der Waals surface area contributed by atoms with Gasteiger partial charge in [0.25, 0.3) is 6.43 Å². The molecule has 0 bridgehead atoms. The Labute approximate surface area is 120 Å². The first-order valence-electron chi connectivity index (χ1n) is 6.21. The summed E-state index contributed by atoms with van der Waals surface area (Å²) in [5.74, 6) is -0.0814. The second-order valence-electron chi connectivity index (χ2n) is 4.62. The number of carbonyl (C=O) groups is 1. The summed E-state index contributed by atoms with van der Waals surface area (Å²) in [5.41, 5.74) is 8.23. The SMILES string of the molecule is NC(CCOCC(F)F)c1cc2c(cc1Cl)NC(=O)C2. The van der Waals surface area contributed by atoms with Crippen molar-refractivity contribution < 1.29 is 18.3 Å². The number of hydrogen-bond donors (Lipinski definition) is 2. The molecule has 0 saturated carbocycles. The maximum Gasteiger partial charge on any atom is 0.261 e. The Morgan fingerprint density at radius 3 is 2.90 bits per heavy atom. The van der Waals surface area contributed by atoms with E-state index in [1.54, 1.807) is 12.1 Å². The number of alkyl halides is 2. The maximum atomic E-state index is 11.9. The molecule has 1 aromatic carbocycles. The predicted octanol–water partition coefficient (Wildman–Crippen LogP) is 2.51. The first-order valence-corrected chi connectivity index (χ1v) is 6.59. The molecule has 0 fully saturated rings. The van der Waals surface area contributed by atoms with Crippen LogP contribution in [0.15, 0.2) is 12.1 Å². The van der Waals surface area contributed by atoms with Gasteiger partial charge in [-0.25, -0.2) is 8.78 Å². The van der Waals surface area contributed by atoms with Gasteiger partial charge in [-0.1, -0.05) is 17.7 Å². The molecule has 0 spiro atoms. The van der Waals surface area contributed by atoms with Gasteiger partial charge in [-0.3, -0.25) is 4.79 Å². The predicted molar refractivity (Wildman–Crippen MR) is 72.2 cm³/mol. The molecule has 1 unspecified atom stereocenters.